The van der Waals surface area contributed by atoms with Crippen molar-refractivity contribution < 1.29 is 33.4 Å². The van der Waals surface area contributed by atoms with Gasteiger partial charge in [0.05, 0.1) is 12.1 Å². The average Bonchev–Trinajstić information content (AvgIpc) is 3.43. The van der Waals surface area contributed by atoms with Gasteiger partial charge in [-0.1, -0.05) is 24.3 Å². The number of piperidine rings is 2. The predicted molar refractivity (Wildman–Crippen MR) is 191 cm³/mol. The Morgan fingerprint density at radius 3 is 2.35 bits per heavy atom. The van der Waals surface area contributed by atoms with Crippen LogP contribution in [0.5, 0.6) is 0 Å². The van der Waals surface area contributed by atoms with Crippen molar-refractivity contribution in [1.82, 2.24) is 29.5 Å². The van der Waals surface area contributed by atoms with Crippen LogP contribution in [0.3, 0.4) is 0 Å². The minimum atomic E-state index is -1.09. The number of fused-ring (bicyclic) bond motifs is 2. The Labute approximate surface area is 301 Å². The van der Waals surface area contributed by atoms with Gasteiger partial charge in [-0.25, -0.2) is 14.4 Å². The summed E-state index contributed by atoms with van der Waals surface area (Å²) in [6.45, 7) is 7.08. The number of aromatic amines is 1. The van der Waals surface area contributed by atoms with Crippen LogP contribution in [0.4, 0.5) is 15.3 Å². The summed E-state index contributed by atoms with van der Waals surface area (Å²) in [4.78, 5) is 76.3. The Morgan fingerprint density at radius 1 is 0.904 bits per heavy atom. The van der Waals surface area contributed by atoms with Crippen LogP contribution in [0.25, 0.3) is 11.1 Å². The van der Waals surface area contributed by atoms with Gasteiger partial charge in [0.15, 0.2) is 11.7 Å². The van der Waals surface area contributed by atoms with Crippen LogP contribution < -0.4 is 11.1 Å². The second-order valence-corrected chi connectivity index (χ2v) is 14.4. The number of oxazole rings is 1. The first-order valence-electron chi connectivity index (χ1n) is 18.3. The number of aromatic nitrogens is 1. The van der Waals surface area contributed by atoms with E-state index < -0.39 is 23.9 Å². The lowest BCUT2D eigenvalue weighted by atomic mass is 10.0. The number of anilines is 1. The molecule has 3 aromatic rings. The van der Waals surface area contributed by atoms with Gasteiger partial charge in [-0.15, -0.1) is 0 Å². The Bertz CT molecular complexity index is 1850. The number of nitrogens with one attached hydrogen (secondary N) is 2. The maximum atomic E-state index is 14.1. The van der Waals surface area contributed by atoms with Crippen molar-refractivity contribution in [3.05, 3.63) is 63.6 Å². The van der Waals surface area contributed by atoms with Gasteiger partial charge in [0.2, 0.25) is 0 Å². The molecule has 4 aliphatic rings. The molecule has 3 N–H and O–H groups in total. The third-order valence-electron chi connectivity index (χ3n) is 11.1. The summed E-state index contributed by atoms with van der Waals surface area (Å²) in [5.41, 5.74) is 4.38. The number of rotatable bonds is 8. The van der Waals surface area contributed by atoms with Gasteiger partial charge in [-0.2, -0.15) is 0 Å². The molecule has 4 amide bonds. The van der Waals surface area contributed by atoms with Crippen LogP contribution in [0.2, 0.25) is 0 Å². The summed E-state index contributed by atoms with van der Waals surface area (Å²) in [6.07, 6.45) is 2.16. The molecule has 15 heteroatoms. The van der Waals surface area contributed by atoms with Gasteiger partial charge in [0, 0.05) is 83.1 Å². The highest BCUT2D eigenvalue weighted by molar-refractivity contribution is 5.91. The SMILES string of the molecule is Cc1cc(C[C@@H](OC(=O)N2CCC(N3CCc4ccccc4NC3=O)CC2)C(=O)N2CCN(C3CCN(CC(=O)O)CC3)CC2)cc2oc(=O)[nH]c12. The topological polar surface area (TPSA) is 172 Å². The molecule has 1 atom stereocenters. The van der Waals surface area contributed by atoms with E-state index in [0.29, 0.717) is 81.4 Å². The zero-order valence-electron chi connectivity index (χ0n) is 29.6. The minimum Gasteiger partial charge on any atom is -0.480 e. The van der Waals surface area contributed by atoms with Crippen molar-refractivity contribution in [2.75, 3.05) is 70.8 Å². The molecule has 0 aliphatic carbocycles. The maximum absolute atomic E-state index is 14.1. The van der Waals surface area contributed by atoms with Crippen LogP contribution in [-0.4, -0.2) is 142 Å². The van der Waals surface area contributed by atoms with Gasteiger partial charge in [-0.05, 0) is 67.9 Å². The van der Waals surface area contributed by atoms with Gasteiger partial charge >= 0.3 is 23.8 Å². The number of piperazine rings is 1. The Morgan fingerprint density at radius 2 is 1.62 bits per heavy atom. The standard InChI is InChI=1S/C37H47N7O8/c1-24-20-25(21-30-33(24)39-36(49)51-30)22-31(34(47)42-18-16-41(17-19-42)27-7-11-40(12-8-27)23-32(45)46)52-37(50)43-13-9-28(10-14-43)44-15-6-26-4-2-3-5-29(26)38-35(44)48/h2-5,20-21,27-28,31H,6-19,22-23H2,1H3,(H,38,48)(H,39,49)(H,45,46)/t31-/m1/s1. The number of ether oxygens (including phenoxy) is 1. The zero-order valence-corrected chi connectivity index (χ0v) is 29.6. The largest absolute Gasteiger partial charge is 0.480 e. The number of carbonyl (C=O) groups is 4. The first-order valence-corrected chi connectivity index (χ1v) is 18.3. The molecule has 0 unspecified atom stereocenters. The molecule has 3 fully saturated rings. The number of urea groups is 1. The highest BCUT2D eigenvalue weighted by atomic mass is 16.6. The minimum absolute atomic E-state index is 0.0257. The monoisotopic (exact) mass is 717 g/mol. The van der Waals surface area contributed by atoms with Crippen LogP contribution >= 0.6 is 0 Å². The van der Waals surface area contributed by atoms with E-state index in [1.54, 1.807) is 15.9 Å². The van der Waals surface area contributed by atoms with E-state index in [9.17, 15) is 24.0 Å². The summed E-state index contributed by atoms with van der Waals surface area (Å²) < 4.78 is 11.4. The fraction of sp³-hybridized carbons (Fsp3) is 0.541. The summed E-state index contributed by atoms with van der Waals surface area (Å²) in [6, 6.07) is 11.6. The number of carboxylic acid groups (broad SMARTS) is 1. The van der Waals surface area contributed by atoms with E-state index in [1.807, 2.05) is 47.1 Å². The number of hydrogen-bond acceptors (Lipinski definition) is 9. The van der Waals surface area contributed by atoms with Crippen molar-refractivity contribution in [1.29, 1.82) is 0 Å². The number of hydrogen-bond donors (Lipinski definition) is 3. The fourth-order valence-electron chi connectivity index (χ4n) is 8.25. The number of aliphatic carboxylic acids is 1. The van der Waals surface area contributed by atoms with E-state index in [-0.39, 0.29) is 30.9 Å². The predicted octanol–water partition coefficient (Wildman–Crippen LogP) is 2.73. The number of likely N-dealkylation sites (tertiary alicyclic amines) is 2. The van der Waals surface area contributed by atoms with E-state index in [1.165, 1.54) is 0 Å². The third kappa shape index (κ3) is 7.94. The molecule has 7 rings (SSSR count). The molecule has 278 valence electrons. The quantitative estimate of drug-likeness (QED) is 0.315. The number of carbonyl (C=O) groups excluding carboxylic acids is 3. The van der Waals surface area contributed by atoms with Crippen molar-refractivity contribution >= 4 is 40.8 Å². The Kier molecular flexibility index (Phi) is 10.5. The molecule has 3 saturated heterocycles. The number of para-hydroxylation sites is 1. The average molecular weight is 718 g/mol. The number of carboxylic acids is 1. The lowest BCUT2D eigenvalue weighted by Crippen LogP contribution is -2.56. The summed E-state index contributed by atoms with van der Waals surface area (Å²) in [5, 5.41) is 12.2. The highest BCUT2D eigenvalue weighted by Crippen LogP contribution is 2.26. The summed E-state index contributed by atoms with van der Waals surface area (Å²) in [7, 11) is 0. The zero-order chi connectivity index (χ0) is 36.4. The van der Waals surface area contributed by atoms with Gasteiger partial charge in [-0.3, -0.25) is 24.4 Å². The summed E-state index contributed by atoms with van der Waals surface area (Å²) >= 11 is 0. The number of benzene rings is 2. The molecular formula is C37H47N7O8. The molecule has 0 saturated carbocycles. The number of nitrogens with zero attached hydrogens (tertiary/aromatic N) is 5. The first-order chi connectivity index (χ1) is 25.1. The summed E-state index contributed by atoms with van der Waals surface area (Å²) in [5.74, 6) is -1.65. The van der Waals surface area contributed by atoms with Crippen molar-refractivity contribution in [2.45, 2.75) is 63.6 Å². The second-order valence-electron chi connectivity index (χ2n) is 14.4. The smallest absolute Gasteiger partial charge is 0.417 e. The van der Waals surface area contributed by atoms with Gasteiger partial charge < -0.3 is 34.3 Å². The Balaban J connectivity index is 0.989. The van der Waals surface area contributed by atoms with Gasteiger partial charge in [0.25, 0.3) is 5.91 Å². The molecule has 4 aliphatic heterocycles. The van der Waals surface area contributed by atoms with Crippen LogP contribution in [0.1, 0.15) is 42.4 Å². The lowest BCUT2D eigenvalue weighted by molar-refractivity contribution is -0.143. The van der Waals surface area contributed by atoms with E-state index >= 15 is 0 Å². The normalized spacial score (nSPS) is 20.3. The number of amides is 4. The number of aryl methyl sites for hydroxylation is 1. The number of H-pyrrole nitrogens is 1. The van der Waals surface area contributed by atoms with E-state index in [0.717, 1.165) is 49.2 Å². The molecule has 52 heavy (non-hydrogen) atoms. The first kappa shape index (κ1) is 35.5. The maximum Gasteiger partial charge on any atom is 0.417 e. The molecule has 0 radical (unpaired) electrons. The molecule has 5 heterocycles. The van der Waals surface area contributed by atoms with Crippen molar-refractivity contribution in [3.8, 4) is 0 Å². The van der Waals surface area contributed by atoms with Crippen molar-refractivity contribution in [2.24, 2.45) is 0 Å². The lowest BCUT2D eigenvalue weighted by Gasteiger charge is -2.43. The van der Waals surface area contributed by atoms with Crippen LogP contribution in [0, 0.1) is 6.92 Å². The van der Waals surface area contributed by atoms with Gasteiger partial charge in [0.1, 0.15) is 0 Å². The fourth-order valence-corrected chi connectivity index (χ4v) is 8.25. The van der Waals surface area contributed by atoms with Crippen LogP contribution in [0.15, 0.2) is 45.6 Å². The van der Waals surface area contributed by atoms with Crippen molar-refractivity contribution in [3.63, 3.8) is 0 Å². The molecule has 0 spiro atoms. The van der Waals surface area contributed by atoms with E-state index in [2.05, 4.69) is 15.2 Å². The molecule has 15 nitrogen and oxygen atoms in total. The molecule has 1 aromatic heterocycles. The highest BCUT2D eigenvalue weighted by Gasteiger charge is 2.36. The Hall–Kier alpha value is -4.89. The molecular weight excluding hydrogens is 670 g/mol. The molecule has 2 aromatic carbocycles. The second kappa shape index (κ2) is 15.4. The third-order valence-corrected chi connectivity index (χ3v) is 11.1. The van der Waals surface area contributed by atoms with Crippen LogP contribution in [-0.2, 0) is 27.2 Å². The molecule has 0 bridgehead atoms. The van der Waals surface area contributed by atoms with E-state index in [4.69, 9.17) is 14.3 Å².